The predicted octanol–water partition coefficient (Wildman–Crippen LogP) is 2.28. The molecule has 0 aliphatic rings. The zero-order valence-corrected chi connectivity index (χ0v) is 12.0. The van der Waals surface area contributed by atoms with Crippen LogP contribution in [0.25, 0.3) is 0 Å². The second-order valence-corrected chi connectivity index (χ2v) is 6.55. The van der Waals surface area contributed by atoms with Crippen LogP contribution >= 0.6 is 0 Å². The normalized spacial score (nSPS) is 16.5. The molecule has 0 aliphatic carbocycles. The van der Waals surface area contributed by atoms with Crippen molar-refractivity contribution in [3.05, 3.63) is 35.4 Å². The van der Waals surface area contributed by atoms with Crippen LogP contribution in [-0.4, -0.2) is 28.3 Å². The van der Waals surface area contributed by atoms with Gasteiger partial charge in [0.05, 0.1) is 0 Å². The first-order chi connectivity index (χ1) is 8.00. The highest BCUT2D eigenvalue weighted by Gasteiger charge is 2.09. The maximum atomic E-state index is 11.2. The van der Waals surface area contributed by atoms with E-state index in [9.17, 15) is 4.21 Å². The molecular weight excluding hydrogens is 230 g/mol. The molecule has 17 heavy (non-hydrogen) atoms. The third kappa shape index (κ3) is 5.00. The summed E-state index contributed by atoms with van der Waals surface area (Å²) < 4.78 is 11.2. The molecule has 1 aromatic carbocycles. The Balaban J connectivity index is 2.42. The van der Waals surface area contributed by atoms with Crippen molar-refractivity contribution in [1.82, 2.24) is 5.32 Å². The van der Waals surface area contributed by atoms with Crippen LogP contribution in [0.3, 0.4) is 0 Å². The average Bonchev–Trinajstić information content (AvgIpc) is 2.29. The molecule has 1 aromatic rings. The highest BCUT2D eigenvalue weighted by atomic mass is 32.2. The van der Waals surface area contributed by atoms with Gasteiger partial charge in [0.2, 0.25) is 0 Å². The van der Waals surface area contributed by atoms with Crippen LogP contribution in [0.15, 0.2) is 24.3 Å². The van der Waals surface area contributed by atoms with Gasteiger partial charge in [-0.15, -0.1) is 0 Å². The van der Waals surface area contributed by atoms with E-state index in [1.54, 1.807) is 6.26 Å². The zero-order chi connectivity index (χ0) is 12.8. The molecule has 0 saturated heterocycles. The third-order valence-electron chi connectivity index (χ3n) is 3.11. The number of hydrogen-bond acceptors (Lipinski definition) is 2. The smallest absolute Gasteiger partial charge is 0.0441 e. The van der Waals surface area contributed by atoms with Gasteiger partial charge in [0.15, 0.2) is 0 Å². The summed E-state index contributed by atoms with van der Waals surface area (Å²) in [6.07, 6.45) is 2.79. The summed E-state index contributed by atoms with van der Waals surface area (Å²) in [5.41, 5.74) is 2.73. The number of benzene rings is 1. The molecule has 1 N–H and O–H groups in total. The average molecular weight is 253 g/mol. The molecule has 0 aromatic heterocycles. The Labute approximate surface area is 107 Å². The Hall–Kier alpha value is -0.670. The van der Waals surface area contributed by atoms with E-state index in [0.29, 0.717) is 6.04 Å². The quantitative estimate of drug-likeness (QED) is 0.843. The predicted molar refractivity (Wildman–Crippen MR) is 75.9 cm³/mol. The Morgan fingerprint density at radius 2 is 1.94 bits per heavy atom. The minimum Gasteiger partial charge on any atom is -0.313 e. The molecule has 0 fully saturated rings. The summed E-state index contributed by atoms with van der Waals surface area (Å²) in [5, 5.41) is 3.66. The van der Waals surface area contributed by atoms with Gasteiger partial charge in [0, 0.05) is 34.9 Å². The second kappa shape index (κ2) is 6.92. The summed E-state index contributed by atoms with van der Waals surface area (Å²) in [7, 11) is -0.740. The summed E-state index contributed by atoms with van der Waals surface area (Å²) in [4.78, 5) is 0. The summed E-state index contributed by atoms with van der Waals surface area (Å²) in [6.45, 7) is 7.16. The maximum absolute atomic E-state index is 11.2. The van der Waals surface area contributed by atoms with Crippen LogP contribution in [0, 0.1) is 6.92 Å². The largest absolute Gasteiger partial charge is 0.313 e. The van der Waals surface area contributed by atoms with Gasteiger partial charge in [-0.2, -0.15) is 0 Å². The standard InChI is InChI=1S/C14H23NOS/c1-11-7-5-6-8-14(11)9-12(2)15-10-13(3)17(4)16/h5-8,12-13,15H,9-10H2,1-4H3/t12-,13+,17-/m0/s1. The van der Waals surface area contributed by atoms with Crippen molar-refractivity contribution in [1.29, 1.82) is 0 Å². The SMILES string of the molecule is Cc1ccccc1C[C@H](C)NC[C@@H](C)[S@](C)=O. The molecule has 3 heteroatoms. The lowest BCUT2D eigenvalue weighted by Crippen LogP contribution is -2.35. The van der Waals surface area contributed by atoms with E-state index in [1.807, 2.05) is 6.92 Å². The molecule has 0 aliphatic heterocycles. The van der Waals surface area contributed by atoms with E-state index in [2.05, 4.69) is 43.4 Å². The molecule has 0 spiro atoms. The van der Waals surface area contributed by atoms with E-state index in [1.165, 1.54) is 11.1 Å². The molecule has 0 amide bonds. The van der Waals surface area contributed by atoms with Crippen molar-refractivity contribution >= 4 is 10.8 Å². The Morgan fingerprint density at radius 1 is 1.29 bits per heavy atom. The van der Waals surface area contributed by atoms with Gasteiger partial charge < -0.3 is 5.32 Å². The Kier molecular flexibility index (Phi) is 5.86. The van der Waals surface area contributed by atoms with Crippen molar-refractivity contribution in [3.63, 3.8) is 0 Å². The number of nitrogens with one attached hydrogen (secondary N) is 1. The molecule has 96 valence electrons. The van der Waals surface area contributed by atoms with Gasteiger partial charge >= 0.3 is 0 Å². The van der Waals surface area contributed by atoms with Crippen LogP contribution in [0.2, 0.25) is 0 Å². The monoisotopic (exact) mass is 253 g/mol. The summed E-state index contributed by atoms with van der Waals surface area (Å²) in [5.74, 6) is 0. The van der Waals surface area contributed by atoms with Crippen LogP contribution in [0.4, 0.5) is 0 Å². The first-order valence-corrected chi connectivity index (χ1v) is 7.73. The van der Waals surface area contributed by atoms with E-state index in [-0.39, 0.29) is 5.25 Å². The fourth-order valence-corrected chi connectivity index (χ4v) is 2.06. The third-order valence-corrected chi connectivity index (χ3v) is 4.41. The lowest BCUT2D eigenvalue weighted by atomic mass is 10.0. The first kappa shape index (κ1) is 14.4. The lowest BCUT2D eigenvalue weighted by molar-refractivity contribution is 0.542. The van der Waals surface area contributed by atoms with Crippen molar-refractivity contribution < 1.29 is 4.21 Å². The first-order valence-electron chi connectivity index (χ1n) is 6.10. The van der Waals surface area contributed by atoms with Gasteiger partial charge in [0.25, 0.3) is 0 Å². The minimum absolute atomic E-state index is 0.217. The Morgan fingerprint density at radius 3 is 2.53 bits per heavy atom. The minimum atomic E-state index is -0.740. The fraction of sp³-hybridized carbons (Fsp3) is 0.571. The zero-order valence-electron chi connectivity index (χ0n) is 11.2. The number of hydrogen-bond donors (Lipinski definition) is 1. The van der Waals surface area contributed by atoms with E-state index in [4.69, 9.17) is 0 Å². The summed E-state index contributed by atoms with van der Waals surface area (Å²) in [6, 6.07) is 8.89. The maximum Gasteiger partial charge on any atom is 0.0441 e. The Bertz CT molecular complexity index is 378. The second-order valence-electron chi connectivity index (χ2n) is 4.75. The van der Waals surface area contributed by atoms with Gasteiger partial charge in [-0.3, -0.25) is 4.21 Å². The fourth-order valence-electron chi connectivity index (χ4n) is 1.73. The molecule has 3 atom stereocenters. The molecule has 2 nitrogen and oxygen atoms in total. The van der Waals surface area contributed by atoms with Crippen LogP contribution < -0.4 is 5.32 Å². The van der Waals surface area contributed by atoms with E-state index in [0.717, 1.165) is 13.0 Å². The van der Waals surface area contributed by atoms with Crippen LogP contribution in [-0.2, 0) is 17.2 Å². The molecule has 0 unspecified atom stereocenters. The van der Waals surface area contributed by atoms with Crippen LogP contribution in [0.1, 0.15) is 25.0 Å². The van der Waals surface area contributed by atoms with Gasteiger partial charge in [0.1, 0.15) is 0 Å². The van der Waals surface area contributed by atoms with Gasteiger partial charge in [-0.1, -0.05) is 24.3 Å². The van der Waals surface area contributed by atoms with Crippen molar-refractivity contribution in [2.45, 2.75) is 38.5 Å². The van der Waals surface area contributed by atoms with Crippen LogP contribution in [0.5, 0.6) is 0 Å². The highest BCUT2D eigenvalue weighted by Crippen LogP contribution is 2.09. The van der Waals surface area contributed by atoms with Crippen molar-refractivity contribution in [2.75, 3.05) is 12.8 Å². The summed E-state index contributed by atoms with van der Waals surface area (Å²) >= 11 is 0. The molecule has 0 bridgehead atoms. The molecule has 0 radical (unpaired) electrons. The highest BCUT2D eigenvalue weighted by molar-refractivity contribution is 7.84. The number of aryl methyl sites for hydroxylation is 1. The van der Waals surface area contributed by atoms with Gasteiger partial charge in [-0.05, 0) is 38.3 Å². The van der Waals surface area contributed by atoms with Crippen molar-refractivity contribution in [3.8, 4) is 0 Å². The molecule has 0 heterocycles. The lowest BCUT2D eigenvalue weighted by Gasteiger charge is -2.17. The molecule has 1 rings (SSSR count). The van der Waals surface area contributed by atoms with Crippen molar-refractivity contribution in [2.24, 2.45) is 0 Å². The van der Waals surface area contributed by atoms with Gasteiger partial charge in [-0.25, -0.2) is 0 Å². The molecule has 0 saturated carbocycles. The van der Waals surface area contributed by atoms with E-state index >= 15 is 0 Å². The number of rotatable bonds is 6. The molecular formula is C14H23NOS. The topological polar surface area (TPSA) is 29.1 Å². The van der Waals surface area contributed by atoms with E-state index < -0.39 is 10.8 Å².